The Morgan fingerprint density at radius 3 is 2.38 bits per heavy atom. The Bertz CT molecular complexity index is 177. The van der Waals surface area contributed by atoms with E-state index in [2.05, 4.69) is 12.2 Å². The topological polar surface area (TPSA) is 50.8 Å². The first-order valence-corrected chi connectivity index (χ1v) is 5.76. The first-order valence-electron chi connectivity index (χ1n) is 5.76. The summed E-state index contributed by atoms with van der Waals surface area (Å²) in [6.07, 6.45) is 0. The maximum absolute atomic E-state index is 10.8. The molecule has 5 heteroatoms. The average molecular weight is 232 g/mol. The van der Waals surface area contributed by atoms with Crippen LogP contribution in [0.3, 0.4) is 0 Å². The normalized spacial score (nSPS) is 10.4. The lowest BCUT2D eigenvalue weighted by Crippen LogP contribution is -2.28. The molecule has 0 aromatic carbocycles. The van der Waals surface area contributed by atoms with Crippen molar-refractivity contribution in [2.45, 2.75) is 13.8 Å². The van der Waals surface area contributed by atoms with Gasteiger partial charge in [0.25, 0.3) is 0 Å². The van der Waals surface area contributed by atoms with E-state index in [1.165, 1.54) is 0 Å². The number of nitrogens with one attached hydrogen (secondary N) is 1. The van der Waals surface area contributed by atoms with Gasteiger partial charge in [-0.3, -0.25) is 4.79 Å². The summed E-state index contributed by atoms with van der Waals surface area (Å²) in [5.41, 5.74) is 0. The van der Waals surface area contributed by atoms with E-state index in [4.69, 9.17) is 9.47 Å². The van der Waals surface area contributed by atoms with Gasteiger partial charge in [0.05, 0.1) is 26.4 Å². The third kappa shape index (κ3) is 9.89. The minimum absolute atomic E-state index is 0.0606. The first kappa shape index (κ1) is 15.3. The smallest absolute Gasteiger partial charge is 0.219 e. The van der Waals surface area contributed by atoms with E-state index in [1.54, 1.807) is 18.9 Å². The van der Waals surface area contributed by atoms with Crippen LogP contribution in [0.5, 0.6) is 0 Å². The van der Waals surface area contributed by atoms with Crippen molar-refractivity contribution >= 4 is 5.91 Å². The Balaban J connectivity index is 3.07. The van der Waals surface area contributed by atoms with Crippen LogP contribution in [-0.4, -0.2) is 63.9 Å². The second kappa shape index (κ2) is 10.9. The molecule has 1 N–H and O–H groups in total. The highest BCUT2D eigenvalue weighted by molar-refractivity contribution is 5.72. The molecular formula is C11H24N2O3. The molecule has 0 atom stereocenters. The molecule has 0 fully saturated rings. The lowest BCUT2D eigenvalue weighted by Gasteiger charge is -2.14. The van der Waals surface area contributed by atoms with Crippen molar-refractivity contribution < 1.29 is 14.3 Å². The second-order valence-electron chi connectivity index (χ2n) is 3.52. The number of ether oxygens (including phenoxy) is 2. The Morgan fingerprint density at radius 2 is 1.81 bits per heavy atom. The molecule has 0 heterocycles. The van der Waals surface area contributed by atoms with Crippen LogP contribution in [0.25, 0.3) is 0 Å². The highest BCUT2D eigenvalue weighted by atomic mass is 16.5. The van der Waals surface area contributed by atoms with Gasteiger partial charge in [0.2, 0.25) is 5.91 Å². The number of carbonyl (C=O) groups excluding carboxylic acids is 1. The molecule has 0 aliphatic carbocycles. The Morgan fingerprint density at radius 1 is 1.19 bits per heavy atom. The fourth-order valence-electron chi connectivity index (χ4n) is 1.00. The zero-order chi connectivity index (χ0) is 12.2. The molecule has 0 aromatic heterocycles. The van der Waals surface area contributed by atoms with Crippen LogP contribution in [0.4, 0.5) is 0 Å². The maximum atomic E-state index is 10.8. The molecule has 0 aromatic rings. The van der Waals surface area contributed by atoms with Crippen LogP contribution in [0.2, 0.25) is 0 Å². The number of carbonyl (C=O) groups is 1. The van der Waals surface area contributed by atoms with Crippen LogP contribution >= 0.6 is 0 Å². The van der Waals surface area contributed by atoms with Crippen LogP contribution in [0.1, 0.15) is 13.8 Å². The summed E-state index contributed by atoms with van der Waals surface area (Å²) in [6.45, 7) is 8.55. The fraction of sp³-hybridized carbons (Fsp3) is 0.909. The fourth-order valence-corrected chi connectivity index (χ4v) is 1.00. The van der Waals surface area contributed by atoms with Crippen LogP contribution < -0.4 is 5.32 Å². The summed E-state index contributed by atoms with van der Waals surface area (Å²) in [5, 5.41) is 3.17. The molecule has 1 amide bonds. The molecular weight excluding hydrogens is 208 g/mol. The molecule has 0 saturated heterocycles. The summed E-state index contributed by atoms with van der Waals surface area (Å²) >= 11 is 0. The predicted octanol–water partition coefficient (Wildman–Crippen LogP) is 0.107. The zero-order valence-electron chi connectivity index (χ0n) is 10.6. The molecule has 0 saturated carbocycles. The molecule has 0 spiro atoms. The molecule has 0 unspecified atom stereocenters. The molecule has 0 rings (SSSR count). The van der Waals surface area contributed by atoms with Gasteiger partial charge in [-0.05, 0) is 6.54 Å². The number of hydrogen-bond acceptors (Lipinski definition) is 4. The van der Waals surface area contributed by atoms with Gasteiger partial charge in [-0.1, -0.05) is 6.92 Å². The van der Waals surface area contributed by atoms with E-state index in [1.807, 2.05) is 0 Å². The number of rotatable bonds is 10. The third-order valence-electron chi connectivity index (χ3n) is 2.15. The van der Waals surface area contributed by atoms with Gasteiger partial charge in [0.1, 0.15) is 0 Å². The predicted molar refractivity (Wildman–Crippen MR) is 63.5 cm³/mol. The van der Waals surface area contributed by atoms with Crippen LogP contribution in [0.15, 0.2) is 0 Å². The summed E-state index contributed by atoms with van der Waals surface area (Å²) in [7, 11) is 1.76. The van der Waals surface area contributed by atoms with Crippen LogP contribution in [0, 0.1) is 0 Å². The van der Waals surface area contributed by atoms with Crippen molar-refractivity contribution in [3.05, 3.63) is 0 Å². The highest BCUT2D eigenvalue weighted by Crippen LogP contribution is 1.85. The van der Waals surface area contributed by atoms with Gasteiger partial charge < -0.3 is 19.7 Å². The van der Waals surface area contributed by atoms with Gasteiger partial charge in [-0.15, -0.1) is 0 Å². The minimum Gasteiger partial charge on any atom is -0.378 e. The molecule has 0 radical (unpaired) electrons. The lowest BCUT2D eigenvalue weighted by molar-refractivity contribution is -0.128. The number of amides is 1. The summed E-state index contributed by atoms with van der Waals surface area (Å²) in [6, 6.07) is 0. The standard InChI is InChI=1S/C11H24N2O3/c1-4-12-5-7-15-9-10-16-8-6-13(3)11(2)14/h12H,4-10H2,1-3H3. The van der Waals surface area contributed by atoms with Gasteiger partial charge in [-0.25, -0.2) is 0 Å². The van der Waals surface area contributed by atoms with Crippen molar-refractivity contribution in [3.8, 4) is 0 Å². The van der Waals surface area contributed by atoms with Crippen molar-refractivity contribution in [3.63, 3.8) is 0 Å². The second-order valence-corrected chi connectivity index (χ2v) is 3.52. The van der Waals surface area contributed by atoms with Crippen molar-refractivity contribution in [1.82, 2.24) is 10.2 Å². The highest BCUT2D eigenvalue weighted by Gasteiger charge is 2.00. The zero-order valence-corrected chi connectivity index (χ0v) is 10.6. The SMILES string of the molecule is CCNCCOCCOCCN(C)C(C)=O. The molecule has 5 nitrogen and oxygen atoms in total. The largest absolute Gasteiger partial charge is 0.378 e. The Hall–Kier alpha value is -0.650. The van der Waals surface area contributed by atoms with E-state index in [9.17, 15) is 4.79 Å². The Labute approximate surface area is 98.1 Å². The summed E-state index contributed by atoms with van der Waals surface area (Å²) < 4.78 is 10.6. The maximum Gasteiger partial charge on any atom is 0.219 e. The quantitative estimate of drug-likeness (QED) is 0.543. The van der Waals surface area contributed by atoms with E-state index >= 15 is 0 Å². The third-order valence-corrected chi connectivity index (χ3v) is 2.15. The molecule has 0 aliphatic heterocycles. The number of likely N-dealkylation sites (N-methyl/N-ethyl adjacent to an activating group) is 2. The number of nitrogens with zero attached hydrogens (tertiary/aromatic N) is 1. The van der Waals surface area contributed by atoms with E-state index in [-0.39, 0.29) is 5.91 Å². The van der Waals surface area contributed by atoms with E-state index in [0.717, 1.165) is 13.1 Å². The van der Waals surface area contributed by atoms with E-state index in [0.29, 0.717) is 33.0 Å². The van der Waals surface area contributed by atoms with Gasteiger partial charge in [0, 0.05) is 27.1 Å². The van der Waals surface area contributed by atoms with Gasteiger partial charge >= 0.3 is 0 Å². The average Bonchev–Trinajstić information content (AvgIpc) is 2.26. The van der Waals surface area contributed by atoms with Crippen LogP contribution in [-0.2, 0) is 14.3 Å². The van der Waals surface area contributed by atoms with E-state index < -0.39 is 0 Å². The lowest BCUT2D eigenvalue weighted by atomic mass is 10.5. The van der Waals surface area contributed by atoms with Gasteiger partial charge in [-0.2, -0.15) is 0 Å². The summed E-state index contributed by atoms with van der Waals surface area (Å²) in [5.74, 6) is 0.0606. The molecule has 16 heavy (non-hydrogen) atoms. The van der Waals surface area contributed by atoms with Crippen molar-refractivity contribution in [2.24, 2.45) is 0 Å². The molecule has 0 bridgehead atoms. The minimum atomic E-state index is 0.0606. The van der Waals surface area contributed by atoms with Gasteiger partial charge in [0.15, 0.2) is 0 Å². The monoisotopic (exact) mass is 232 g/mol. The molecule has 96 valence electrons. The van der Waals surface area contributed by atoms with Crippen molar-refractivity contribution in [1.29, 1.82) is 0 Å². The summed E-state index contributed by atoms with van der Waals surface area (Å²) in [4.78, 5) is 12.5. The number of hydrogen-bond donors (Lipinski definition) is 1. The molecule has 0 aliphatic rings. The first-order chi connectivity index (χ1) is 7.68. The Kier molecular flexibility index (Phi) is 10.4. The van der Waals surface area contributed by atoms with Crippen molar-refractivity contribution in [2.75, 3.05) is 53.1 Å².